The number of hydrogen-bond acceptors (Lipinski definition) is 5. The zero-order valence-corrected chi connectivity index (χ0v) is 8.38. The fourth-order valence-electron chi connectivity index (χ4n) is 0.785. The molecule has 0 atom stereocenters. The van der Waals surface area contributed by atoms with E-state index in [-0.39, 0.29) is 17.2 Å². The Balaban J connectivity index is 0.000000791. The van der Waals surface area contributed by atoms with Gasteiger partial charge in [-0.1, -0.05) is 13.8 Å². The fraction of sp³-hybridized carbons (Fsp3) is 0.375. The predicted molar refractivity (Wildman–Crippen MR) is 54.9 cm³/mol. The summed E-state index contributed by atoms with van der Waals surface area (Å²) in [7, 11) is 1.56. The van der Waals surface area contributed by atoms with Gasteiger partial charge in [0.25, 0.3) is 0 Å². The van der Waals surface area contributed by atoms with E-state index in [1.54, 1.807) is 7.05 Å². The number of nitrogen functional groups attached to an aromatic ring is 1. The van der Waals surface area contributed by atoms with Gasteiger partial charge in [-0.3, -0.25) is 4.98 Å². The number of nitrogens with one attached hydrogen (secondary N) is 2. The van der Waals surface area contributed by atoms with Crippen molar-refractivity contribution in [1.29, 1.82) is 5.26 Å². The molecule has 0 amide bonds. The van der Waals surface area contributed by atoms with Crippen LogP contribution in [-0.2, 0) is 0 Å². The average Bonchev–Trinajstić information content (AvgIpc) is 2.19. The van der Waals surface area contributed by atoms with Crippen LogP contribution in [0.3, 0.4) is 0 Å². The first-order valence-electron chi connectivity index (χ1n) is 4.16. The number of anilines is 2. The summed E-state index contributed by atoms with van der Waals surface area (Å²) in [5.41, 5.74) is 4.93. The zero-order valence-electron chi connectivity index (χ0n) is 8.38. The Morgan fingerprint density at radius 1 is 1.57 bits per heavy atom. The fourth-order valence-corrected chi connectivity index (χ4v) is 0.785. The molecule has 4 N–H and O–H groups in total. The minimum atomic E-state index is -0.573. The molecule has 0 aromatic carbocycles. The van der Waals surface area contributed by atoms with Crippen molar-refractivity contribution in [3.05, 3.63) is 16.0 Å². The molecule has 0 unspecified atom stereocenters. The maximum absolute atomic E-state index is 10.7. The standard InChI is InChI=1S/C6H7N5O.C2H6/c1-9-5-3(2-7)4(8)10-6(12)11-5;1-2/h1H3,(H4,8,9,10,11,12);1-2H3. The van der Waals surface area contributed by atoms with E-state index in [0.29, 0.717) is 0 Å². The van der Waals surface area contributed by atoms with Crippen LogP contribution < -0.4 is 16.7 Å². The second-order valence-corrected chi connectivity index (χ2v) is 2.04. The molecular formula is C8H13N5O. The van der Waals surface area contributed by atoms with Crippen LogP contribution in [0.2, 0.25) is 0 Å². The average molecular weight is 195 g/mol. The van der Waals surface area contributed by atoms with E-state index >= 15 is 0 Å². The summed E-state index contributed by atoms with van der Waals surface area (Å²) in [4.78, 5) is 16.5. The molecular weight excluding hydrogens is 182 g/mol. The summed E-state index contributed by atoms with van der Waals surface area (Å²) < 4.78 is 0. The number of aromatic nitrogens is 2. The SMILES string of the molecule is CC.CNc1nc(=O)[nH]c(N)c1C#N. The lowest BCUT2D eigenvalue weighted by Crippen LogP contribution is -2.16. The van der Waals surface area contributed by atoms with Gasteiger partial charge in [0.2, 0.25) is 0 Å². The Hall–Kier alpha value is -2.03. The molecule has 0 fully saturated rings. The summed E-state index contributed by atoms with van der Waals surface area (Å²) in [6, 6.07) is 1.82. The van der Waals surface area contributed by atoms with Gasteiger partial charge in [0.05, 0.1) is 0 Å². The van der Waals surface area contributed by atoms with Crippen molar-refractivity contribution >= 4 is 11.6 Å². The summed E-state index contributed by atoms with van der Waals surface area (Å²) in [5, 5.41) is 11.2. The molecule has 1 heterocycles. The number of aromatic amines is 1. The molecule has 1 rings (SSSR count). The van der Waals surface area contributed by atoms with Crippen molar-refractivity contribution in [2.24, 2.45) is 0 Å². The number of H-pyrrole nitrogens is 1. The molecule has 1 aromatic rings. The van der Waals surface area contributed by atoms with Crippen molar-refractivity contribution in [3.63, 3.8) is 0 Å². The first-order chi connectivity index (χ1) is 6.69. The van der Waals surface area contributed by atoms with Gasteiger partial charge in [0.1, 0.15) is 17.5 Å². The van der Waals surface area contributed by atoms with Crippen molar-refractivity contribution < 1.29 is 0 Å². The van der Waals surface area contributed by atoms with Crippen LogP contribution >= 0.6 is 0 Å². The quantitative estimate of drug-likeness (QED) is 0.597. The van der Waals surface area contributed by atoms with Crippen LogP contribution in [0.1, 0.15) is 19.4 Å². The van der Waals surface area contributed by atoms with E-state index in [0.717, 1.165) is 0 Å². The Morgan fingerprint density at radius 2 is 2.14 bits per heavy atom. The highest BCUT2D eigenvalue weighted by molar-refractivity contribution is 5.61. The largest absolute Gasteiger partial charge is 0.384 e. The van der Waals surface area contributed by atoms with Crippen molar-refractivity contribution in [3.8, 4) is 6.07 Å². The second-order valence-electron chi connectivity index (χ2n) is 2.04. The highest BCUT2D eigenvalue weighted by Crippen LogP contribution is 2.12. The molecule has 1 aromatic heterocycles. The Morgan fingerprint density at radius 3 is 2.57 bits per heavy atom. The lowest BCUT2D eigenvalue weighted by molar-refractivity contribution is 1.07. The summed E-state index contributed by atoms with van der Waals surface area (Å²) >= 11 is 0. The Kier molecular flexibility index (Phi) is 4.78. The molecule has 0 saturated heterocycles. The molecule has 0 aliphatic rings. The van der Waals surface area contributed by atoms with Gasteiger partial charge in [-0.15, -0.1) is 0 Å². The second kappa shape index (κ2) is 5.59. The molecule has 76 valence electrons. The number of rotatable bonds is 1. The molecule has 0 bridgehead atoms. The molecule has 6 heteroatoms. The normalized spacial score (nSPS) is 8.14. The van der Waals surface area contributed by atoms with Crippen molar-refractivity contribution in [2.45, 2.75) is 13.8 Å². The molecule has 0 aliphatic heterocycles. The number of hydrogen-bond donors (Lipinski definition) is 3. The first kappa shape index (κ1) is 12.0. The van der Waals surface area contributed by atoms with E-state index < -0.39 is 5.69 Å². The molecule has 0 saturated carbocycles. The van der Waals surface area contributed by atoms with Crippen LogP contribution in [0.15, 0.2) is 4.79 Å². The summed E-state index contributed by atoms with van der Waals surface area (Å²) in [5.74, 6) is 0.223. The minimum Gasteiger partial charge on any atom is -0.384 e. The smallest absolute Gasteiger partial charge is 0.348 e. The monoisotopic (exact) mass is 195 g/mol. The van der Waals surface area contributed by atoms with Gasteiger partial charge >= 0.3 is 5.69 Å². The van der Waals surface area contributed by atoms with Crippen molar-refractivity contribution in [2.75, 3.05) is 18.1 Å². The number of nitrogens with two attached hydrogens (primary N) is 1. The number of nitriles is 1. The maximum atomic E-state index is 10.7. The van der Waals surface area contributed by atoms with Gasteiger partial charge in [-0.2, -0.15) is 10.2 Å². The van der Waals surface area contributed by atoms with Gasteiger partial charge in [0, 0.05) is 7.05 Å². The molecule has 6 nitrogen and oxygen atoms in total. The predicted octanol–water partition coefficient (Wildman–Crippen LogP) is 0.292. The summed E-state index contributed by atoms with van der Waals surface area (Å²) in [6.45, 7) is 4.00. The molecule has 14 heavy (non-hydrogen) atoms. The Labute approximate surface area is 81.8 Å². The lowest BCUT2D eigenvalue weighted by atomic mass is 10.3. The van der Waals surface area contributed by atoms with E-state index in [1.165, 1.54) is 0 Å². The van der Waals surface area contributed by atoms with Gasteiger partial charge in [-0.05, 0) is 0 Å². The zero-order chi connectivity index (χ0) is 11.1. The van der Waals surface area contributed by atoms with Gasteiger partial charge < -0.3 is 11.1 Å². The van der Waals surface area contributed by atoms with E-state index in [1.807, 2.05) is 19.9 Å². The lowest BCUT2D eigenvalue weighted by Gasteiger charge is -2.01. The number of nitrogens with zero attached hydrogens (tertiary/aromatic N) is 2. The third kappa shape index (κ3) is 2.48. The Bertz CT molecular complexity index is 390. The topological polar surface area (TPSA) is 108 Å². The summed E-state index contributed by atoms with van der Waals surface area (Å²) in [6.07, 6.45) is 0. The van der Waals surface area contributed by atoms with Crippen LogP contribution in [0.25, 0.3) is 0 Å². The highest BCUT2D eigenvalue weighted by atomic mass is 16.1. The van der Waals surface area contributed by atoms with Crippen molar-refractivity contribution in [1.82, 2.24) is 9.97 Å². The van der Waals surface area contributed by atoms with Crippen LogP contribution in [0.4, 0.5) is 11.6 Å². The van der Waals surface area contributed by atoms with Gasteiger partial charge in [-0.25, -0.2) is 4.79 Å². The minimum absolute atomic E-state index is 0.0295. The van der Waals surface area contributed by atoms with Gasteiger partial charge in [0.15, 0.2) is 5.82 Å². The molecule has 0 radical (unpaired) electrons. The highest BCUT2D eigenvalue weighted by Gasteiger charge is 2.06. The molecule has 0 spiro atoms. The van der Waals surface area contributed by atoms with Crippen LogP contribution in [-0.4, -0.2) is 17.0 Å². The third-order valence-corrected chi connectivity index (χ3v) is 1.31. The maximum Gasteiger partial charge on any atom is 0.348 e. The van der Waals surface area contributed by atoms with Crippen LogP contribution in [0, 0.1) is 11.3 Å². The first-order valence-corrected chi connectivity index (χ1v) is 4.16. The van der Waals surface area contributed by atoms with E-state index in [4.69, 9.17) is 11.0 Å². The third-order valence-electron chi connectivity index (χ3n) is 1.31. The van der Waals surface area contributed by atoms with E-state index in [2.05, 4.69) is 15.3 Å². The van der Waals surface area contributed by atoms with E-state index in [9.17, 15) is 4.79 Å². The molecule has 0 aliphatic carbocycles. The van der Waals surface area contributed by atoms with Crippen LogP contribution in [0.5, 0.6) is 0 Å².